The second-order valence-corrected chi connectivity index (χ2v) is 9.59. The lowest BCUT2D eigenvalue weighted by atomic mass is 9.87. The fourth-order valence-electron chi connectivity index (χ4n) is 4.55. The first-order chi connectivity index (χ1) is 16.1. The van der Waals surface area contributed by atoms with Crippen molar-refractivity contribution in [1.82, 2.24) is 20.2 Å². The van der Waals surface area contributed by atoms with E-state index in [1.807, 2.05) is 49.5 Å². The number of thiophene rings is 1. The van der Waals surface area contributed by atoms with Crippen LogP contribution in [0.1, 0.15) is 22.4 Å². The van der Waals surface area contributed by atoms with Crippen LogP contribution in [0.3, 0.4) is 0 Å². The number of H-pyrrole nitrogens is 1. The van der Waals surface area contributed by atoms with E-state index >= 15 is 0 Å². The minimum Gasteiger partial charge on any atom is -0.340 e. The second kappa shape index (κ2) is 7.97. The molecule has 0 saturated carbocycles. The third-order valence-corrected chi connectivity index (χ3v) is 7.37. The van der Waals surface area contributed by atoms with E-state index in [0.29, 0.717) is 0 Å². The Kier molecular flexibility index (Phi) is 4.80. The molecular weight excluding hydrogens is 432 g/mol. The van der Waals surface area contributed by atoms with Crippen molar-refractivity contribution in [2.75, 3.05) is 10.6 Å². The molecule has 1 atom stereocenters. The molecule has 7 nitrogen and oxygen atoms in total. The summed E-state index contributed by atoms with van der Waals surface area (Å²) in [6.07, 6.45) is 5.79. The van der Waals surface area contributed by atoms with E-state index in [0.717, 1.165) is 63.1 Å². The van der Waals surface area contributed by atoms with E-state index in [1.165, 1.54) is 10.4 Å². The van der Waals surface area contributed by atoms with E-state index in [9.17, 15) is 4.79 Å². The van der Waals surface area contributed by atoms with Crippen LogP contribution in [0.25, 0.3) is 21.1 Å². The summed E-state index contributed by atoms with van der Waals surface area (Å²) in [6.45, 7) is 2.03. The minimum atomic E-state index is -0.0426. The van der Waals surface area contributed by atoms with Crippen molar-refractivity contribution >= 4 is 55.6 Å². The van der Waals surface area contributed by atoms with Crippen LogP contribution >= 0.6 is 11.3 Å². The molecule has 3 heterocycles. The van der Waals surface area contributed by atoms with Crippen LogP contribution in [-0.2, 0) is 17.6 Å². The minimum absolute atomic E-state index is 0.0426. The van der Waals surface area contributed by atoms with Crippen LogP contribution in [0, 0.1) is 12.8 Å². The van der Waals surface area contributed by atoms with Gasteiger partial charge in [0.05, 0.1) is 17.1 Å². The number of hydrogen-bond donors (Lipinski definition) is 3. The lowest BCUT2D eigenvalue weighted by Crippen LogP contribution is -2.27. The fourth-order valence-corrected chi connectivity index (χ4v) is 5.82. The molecule has 1 aliphatic rings. The van der Waals surface area contributed by atoms with Crippen molar-refractivity contribution in [3.63, 3.8) is 0 Å². The third-order valence-electron chi connectivity index (χ3n) is 6.20. The maximum absolute atomic E-state index is 12.9. The lowest BCUT2D eigenvalue weighted by Gasteiger charge is -2.22. The molecule has 5 aromatic rings. The monoisotopic (exact) mass is 454 g/mol. The van der Waals surface area contributed by atoms with Gasteiger partial charge in [0.2, 0.25) is 5.91 Å². The van der Waals surface area contributed by atoms with Crippen molar-refractivity contribution < 1.29 is 4.79 Å². The maximum atomic E-state index is 12.9. The topological polar surface area (TPSA) is 95.6 Å². The molecule has 0 bridgehead atoms. The quantitative estimate of drug-likeness (QED) is 0.340. The van der Waals surface area contributed by atoms with E-state index in [4.69, 9.17) is 0 Å². The fraction of sp³-hybridized carbons (Fsp3) is 0.200. The SMILES string of the molecule is Cc1cccc(NC(=O)C2CCc3c(sc4ncnc(Nc5ccc6[nH]ncc6c5)c34)C2)c1. The number of aromatic nitrogens is 4. The average molecular weight is 455 g/mol. The van der Waals surface area contributed by atoms with Crippen LogP contribution in [0.2, 0.25) is 0 Å². The number of nitrogens with one attached hydrogen (secondary N) is 3. The van der Waals surface area contributed by atoms with Gasteiger partial charge in [-0.25, -0.2) is 9.97 Å². The van der Waals surface area contributed by atoms with Gasteiger partial charge in [0.1, 0.15) is 17.0 Å². The van der Waals surface area contributed by atoms with Crippen LogP contribution in [0.4, 0.5) is 17.2 Å². The summed E-state index contributed by atoms with van der Waals surface area (Å²) in [7, 11) is 0. The number of aromatic amines is 1. The largest absolute Gasteiger partial charge is 0.340 e. The molecule has 1 aliphatic carbocycles. The smallest absolute Gasteiger partial charge is 0.227 e. The second-order valence-electron chi connectivity index (χ2n) is 8.50. The predicted molar refractivity (Wildman–Crippen MR) is 132 cm³/mol. The van der Waals surface area contributed by atoms with E-state index in [1.54, 1.807) is 17.7 Å². The molecule has 0 spiro atoms. The highest BCUT2D eigenvalue weighted by atomic mass is 32.1. The summed E-state index contributed by atoms with van der Waals surface area (Å²) in [6, 6.07) is 14.0. The van der Waals surface area contributed by atoms with Gasteiger partial charge < -0.3 is 10.6 Å². The Hall–Kier alpha value is -3.78. The molecule has 3 N–H and O–H groups in total. The molecule has 0 aliphatic heterocycles. The van der Waals surface area contributed by atoms with Gasteiger partial charge in [-0.05, 0) is 67.6 Å². The zero-order chi connectivity index (χ0) is 22.4. The van der Waals surface area contributed by atoms with Gasteiger partial charge in [0.25, 0.3) is 0 Å². The van der Waals surface area contributed by atoms with Crippen molar-refractivity contribution in [3.05, 3.63) is 71.0 Å². The van der Waals surface area contributed by atoms with Gasteiger partial charge >= 0.3 is 0 Å². The normalized spacial score (nSPS) is 15.5. The summed E-state index contributed by atoms with van der Waals surface area (Å²) in [5.74, 6) is 0.850. The highest BCUT2D eigenvalue weighted by Gasteiger charge is 2.29. The van der Waals surface area contributed by atoms with Crippen LogP contribution < -0.4 is 10.6 Å². The molecule has 33 heavy (non-hydrogen) atoms. The zero-order valence-electron chi connectivity index (χ0n) is 18.1. The summed E-state index contributed by atoms with van der Waals surface area (Å²) in [5, 5.41) is 15.7. The zero-order valence-corrected chi connectivity index (χ0v) is 18.9. The average Bonchev–Trinajstić information content (AvgIpc) is 3.43. The molecule has 8 heteroatoms. The van der Waals surface area contributed by atoms with E-state index in [2.05, 4.69) is 36.9 Å². The summed E-state index contributed by atoms with van der Waals surface area (Å²) >= 11 is 1.67. The number of aryl methyl sites for hydroxylation is 2. The van der Waals surface area contributed by atoms with Crippen LogP contribution in [0.5, 0.6) is 0 Å². The number of hydrogen-bond acceptors (Lipinski definition) is 6. The number of benzene rings is 2. The lowest BCUT2D eigenvalue weighted by molar-refractivity contribution is -0.120. The summed E-state index contributed by atoms with van der Waals surface area (Å²) in [4.78, 5) is 24.2. The van der Waals surface area contributed by atoms with Gasteiger partial charge in [-0.1, -0.05) is 12.1 Å². The predicted octanol–water partition coefficient (Wildman–Crippen LogP) is 5.36. The number of carbonyl (C=O) groups is 1. The van der Waals surface area contributed by atoms with E-state index < -0.39 is 0 Å². The van der Waals surface area contributed by atoms with Gasteiger partial charge in [-0.15, -0.1) is 11.3 Å². The summed E-state index contributed by atoms with van der Waals surface area (Å²) < 4.78 is 0. The Morgan fingerprint density at radius 1 is 1.15 bits per heavy atom. The number of amides is 1. The van der Waals surface area contributed by atoms with Gasteiger partial charge in [-0.2, -0.15) is 5.10 Å². The number of anilines is 3. The van der Waals surface area contributed by atoms with E-state index in [-0.39, 0.29) is 11.8 Å². The molecule has 1 unspecified atom stereocenters. The first-order valence-electron chi connectivity index (χ1n) is 11.0. The van der Waals surface area contributed by atoms with Crippen LogP contribution in [-0.4, -0.2) is 26.1 Å². The molecule has 0 fully saturated rings. The summed E-state index contributed by atoms with van der Waals surface area (Å²) in [5.41, 5.74) is 5.20. The highest BCUT2D eigenvalue weighted by Crippen LogP contribution is 2.40. The molecule has 3 aromatic heterocycles. The molecular formula is C25H22N6OS. The number of carbonyl (C=O) groups excluding carboxylic acids is 1. The number of fused-ring (bicyclic) bond motifs is 4. The molecule has 0 saturated heterocycles. The Labute approximate surface area is 194 Å². The third kappa shape index (κ3) is 3.72. The Morgan fingerprint density at radius 2 is 2.09 bits per heavy atom. The van der Waals surface area contributed by atoms with Crippen molar-refractivity contribution in [3.8, 4) is 0 Å². The first kappa shape index (κ1) is 19.9. The van der Waals surface area contributed by atoms with Crippen molar-refractivity contribution in [1.29, 1.82) is 0 Å². The molecule has 164 valence electrons. The number of nitrogens with zero attached hydrogens (tertiary/aromatic N) is 3. The van der Waals surface area contributed by atoms with Gasteiger partial charge in [-0.3, -0.25) is 9.89 Å². The molecule has 2 aromatic carbocycles. The Balaban J connectivity index is 1.27. The first-order valence-corrected chi connectivity index (χ1v) is 11.8. The van der Waals surface area contributed by atoms with Crippen molar-refractivity contribution in [2.45, 2.75) is 26.2 Å². The Bertz CT molecular complexity index is 1500. The number of rotatable bonds is 4. The van der Waals surface area contributed by atoms with Crippen LogP contribution in [0.15, 0.2) is 55.0 Å². The highest BCUT2D eigenvalue weighted by molar-refractivity contribution is 7.19. The Morgan fingerprint density at radius 3 is 3.00 bits per heavy atom. The molecule has 1 amide bonds. The van der Waals surface area contributed by atoms with Gasteiger partial charge in [0, 0.05) is 27.6 Å². The van der Waals surface area contributed by atoms with Crippen molar-refractivity contribution in [2.24, 2.45) is 5.92 Å². The molecule has 6 rings (SSSR count). The molecule has 0 radical (unpaired) electrons. The maximum Gasteiger partial charge on any atom is 0.227 e. The standard InChI is InChI=1S/C25H22N6OS/c1-14-3-2-4-17(9-14)30-24(32)15-5-7-19-21(11-15)33-25-22(19)23(26-13-27-25)29-18-6-8-20-16(10-18)12-28-31-20/h2-4,6,8-10,12-13,15H,5,7,11H2,1H3,(H,28,31)(H,30,32)(H,26,27,29). The van der Waals surface area contributed by atoms with Gasteiger partial charge in [0.15, 0.2) is 0 Å².